The second-order valence-corrected chi connectivity index (χ2v) is 6.78. The quantitative estimate of drug-likeness (QED) is 0.633. The summed E-state index contributed by atoms with van der Waals surface area (Å²) in [6.45, 7) is 3.83. The molecule has 3 rings (SSSR count). The van der Waals surface area contributed by atoms with Crippen LogP contribution in [0.15, 0.2) is 58.3 Å². The summed E-state index contributed by atoms with van der Waals surface area (Å²) in [6.07, 6.45) is 3.19. The molecule has 7 heteroatoms. The van der Waals surface area contributed by atoms with Gasteiger partial charge in [-0.25, -0.2) is 4.98 Å². The molecule has 2 aromatic heterocycles. The van der Waals surface area contributed by atoms with E-state index in [1.54, 1.807) is 25.3 Å². The van der Waals surface area contributed by atoms with E-state index in [1.165, 1.54) is 14.7 Å². The molecule has 0 aliphatic heterocycles. The van der Waals surface area contributed by atoms with Gasteiger partial charge in [-0.3, -0.25) is 23.5 Å². The van der Waals surface area contributed by atoms with Crippen LogP contribution in [0.5, 0.6) is 0 Å². The van der Waals surface area contributed by atoms with Crippen molar-refractivity contribution in [1.82, 2.24) is 19.4 Å². The van der Waals surface area contributed by atoms with Crippen LogP contribution in [0.3, 0.4) is 0 Å². The van der Waals surface area contributed by atoms with E-state index in [9.17, 15) is 14.4 Å². The third-order valence-electron chi connectivity index (χ3n) is 4.72. The normalized spacial score (nSPS) is 12.1. The smallest absolute Gasteiger partial charge is 0.318 e. The second kappa shape index (κ2) is 8.65. The van der Waals surface area contributed by atoms with Gasteiger partial charge in [0.1, 0.15) is 6.54 Å². The molecule has 0 saturated heterocycles. The lowest BCUT2D eigenvalue weighted by atomic mass is 10.1. The maximum Gasteiger partial charge on any atom is 0.318 e. The minimum absolute atomic E-state index is 0.0520. The molecule has 3 aromatic rings. The maximum absolute atomic E-state index is 12.5. The number of amides is 1. The number of fused-ring (bicyclic) bond motifs is 1. The van der Waals surface area contributed by atoms with E-state index in [0.29, 0.717) is 17.7 Å². The summed E-state index contributed by atoms with van der Waals surface area (Å²) in [5.74, 6) is -0.304. The summed E-state index contributed by atoms with van der Waals surface area (Å²) >= 11 is 0. The van der Waals surface area contributed by atoms with Gasteiger partial charge in [0.15, 0.2) is 5.65 Å². The van der Waals surface area contributed by atoms with Gasteiger partial charge in [-0.2, -0.15) is 0 Å². The molecule has 0 radical (unpaired) electrons. The molecule has 0 saturated carbocycles. The predicted molar refractivity (Wildman–Crippen MR) is 108 cm³/mol. The third-order valence-corrected chi connectivity index (χ3v) is 4.72. The number of carbonyl (C=O) groups is 1. The highest BCUT2D eigenvalue weighted by atomic mass is 16.2. The summed E-state index contributed by atoms with van der Waals surface area (Å²) in [7, 11) is 0. The number of pyridine rings is 1. The van der Waals surface area contributed by atoms with Crippen molar-refractivity contribution >= 4 is 17.1 Å². The van der Waals surface area contributed by atoms with Gasteiger partial charge in [-0.05, 0) is 44.4 Å². The Morgan fingerprint density at radius 2 is 1.79 bits per heavy atom. The Labute approximate surface area is 162 Å². The SMILES string of the molecule is CCn1c(=O)c(=O)n(CC(=O)N[C@@H](C)CCc2ccccc2)c2cccnc21. The summed E-state index contributed by atoms with van der Waals surface area (Å²) in [6, 6.07) is 13.4. The summed E-state index contributed by atoms with van der Waals surface area (Å²) in [5, 5.41) is 2.91. The number of hydrogen-bond donors (Lipinski definition) is 1. The fourth-order valence-electron chi connectivity index (χ4n) is 3.26. The molecule has 0 unspecified atom stereocenters. The molecule has 0 bridgehead atoms. The zero-order chi connectivity index (χ0) is 20.1. The van der Waals surface area contributed by atoms with E-state index in [0.717, 1.165) is 12.8 Å². The van der Waals surface area contributed by atoms with Crippen LogP contribution in [-0.4, -0.2) is 26.1 Å². The van der Waals surface area contributed by atoms with E-state index in [2.05, 4.69) is 22.4 Å². The third kappa shape index (κ3) is 4.19. The average molecular weight is 380 g/mol. The lowest BCUT2D eigenvalue weighted by Gasteiger charge is -2.16. The summed E-state index contributed by atoms with van der Waals surface area (Å²) < 4.78 is 2.53. The van der Waals surface area contributed by atoms with Gasteiger partial charge in [0.25, 0.3) is 0 Å². The van der Waals surface area contributed by atoms with Crippen LogP contribution in [-0.2, 0) is 24.3 Å². The van der Waals surface area contributed by atoms with Crippen LogP contribution in [0.4, 0.5) is 0 Å². The van der Waals surface area contributed by atoms with Crippen molar-refractivity contribution in [3.8, 4) is 0 Å². The molecule has 0 aliphatic rings. The molecule has 7 nitrogen and oxygen atoms in total. The standard InChI is InChI=1S/C21H24N4O3/c1-3-24-19-17(10-7-13-22-19)25(21(28)20(24)27)14-18(26)23-15(2)11-12-16-8-5-4-6-9-16/h4-10,13,15H,3,11-12,14H2,1-2H3,(H,23,26)/t15-/m0/s1. The Hall–Kier alpha value is -3.22. The summed E-state index contributed by atoms with van der Waals surface area (Å²) in [4.78, 5) is 41.6. The van der Waals surface area contributed by atoms with Crippen LogP contribution in [0.1, 0.15) is 25.8 Å². The van der Waals surface area contributed by atoms with Gasteiger partial charge < -0.3 is 5.32 Å². The van der Waals surface area contributed by atoms with Crippen LogP contribution in [0, 0.1) is 0 Å². The number of carbonyl (C=O) groups excluding carboxylic acids is 1. The molecule has 1 atom stereocenters. The van der Waals surface area contributed by atoms with Crippen LogP contribution < -0.4 is 16.4 Å². The first-order valence-corrected chi connectivity index (χ1v) is 9.43. The predicted octanol–water partition coefficient (Wildman–Crippen LogP) is 1.72. The Morgan fingerprint density at radius 3 is 2.50 bits per heavy atom. The minimum Gasteiger partial charge on any atom is -0.352 e. The first kappa shape index (κ1) is 19.5. The number of nitrogens with zero attached hydrogens (tertiary/aromatic N) is 3. The molecule has 0 aliphatic carbocycles. The van der Waals surface area contributed by atoms with Crippen molar-refractivity contribution in [1.29, 1.82) is 0 Å². The Kier molecular flexibility index (Phi) is 6.03. The van der Waals surface area contributed by atoms with Crippen molar-refractivity contribution < 1.29 is 4.79 Å². The van der Waals surface area contributed by atoms with Gasteiger partial charge in [0.2, 0.25) is 5.91 Å². The number of aryl methyl sites for hydroxylation is 2. The molecule has 2 heterocycles. The second-order valence-electron chi connectivity index (χ2n) is 6.78. The van der Waals surface area contributed by atoms with Crippen molar-refractivity contribution in [2.24, 2.45) is 0 Å². The Balaban J connectivity index is 1.75. The molecule has 28 heavy (non-hydrogen) atoms. The highest BCUT2D eigenvalue weighted by Crippen LogP contribution is 2.08. The van der Waals surface area contributed by atoms with Crippen LogP contribution in [0.25, 0.3) is 11.2 Å². The summed E-state index contributed by atoms with van der Waals surface area (Å²) in [5.41, 5.74) is 0.702. The number of benzene rings is 1. The molecule has 1 aromatic carbocycles. The van der Waals surface area contributed by atoms with Crippen LogP contribution in [0.2, 0.25) is 0 Å². The molecule has 1 N–H and O–H groups in total. The Morgan fingerprint density at radius 1 is 1.07 bits per heavy atom. The number of hydrogen-bond acceptors (Lipinski definition) is 4. The zero-order valence-corrected chi connectivity index (χ0v) is 16.1. The highest BCUT2D eigenvalue weighted by Gasteiger charge is 2.16. The van der Waals surface area contributed by atoms with Crippen molar-refractivity contribution in [2.75, 3.05) is 0 Å². The largest absolute Gasteiger partial charge is 0.352 e. The minimum atomic E-state index is -0.713. The van der Waals surface area contributed by atoms with E-state index in [-0.39, 0.29) is 18.5 Å². The monoisotopic (exact) mass is 380 g/mol. The zero-order valence-electron chi connectivity index (χ0n) is 16.1. The molecule has 0 fully saturated rings. The van der Waals surface area contributed by atoms with Crippen molar-refractivity contribution in [3.05, 3.63) is 74.9 Å². The van der Waals surface area contributed by atoms with Gasteiger partial charge in [-0.15, -0.1) is 0 Å². The molecular formula is C21H24N4O3. The fraction of sp³-hybridized carbons (Fsp3) is 0.333. The molecule has 146 valence electrons. The fourth-order valence-corrected chi connectivity index (χ4v) is 3.26. The Bertz CT molecular complexity index is 1090. The lowest BCUT2D eigenvalue weighted by molar-refractivity contribution is -0.122. The van der Waals surface area contributed by atoms with Gasteiger partial charge in [0, 0.05) is 18.8 Å². The molecular weight excluding hydrogens is 356 g/mol. The highest BCUT2D eigenvalue weighted by molar-refractivity contribution is 5.79. The van der Waals surface area contributed by atoms with Gasteiger partial charge in [0.05, 0.1) is 5.52 Å². The van der Waals surface area contributed by atoms with Gasteiger partial charge >= 0.3 is 11.1 Å². The first-order chi connectivity index (χ1) is 13.5. The number of rotatable bonds is 7. The first-order valence-electron chi connectivity index (χ1n) is 9.43. The number of nitrogens with one attached hydrogen (secondary N) is 1. The van der Waals surface area contributed by atoms with Crippen molar-refractivity contribution in [3.63, 3.8) is 0 Å². The average Bonchev–Trinajstić information content (AvgIpc) is 2.71. The van der Waals surface area contributed by atoms with E-state index in [4.69, 9.17) is 0 Å². The number of aromatic nitrogens is 3. The molecule has 1 amide bonds. The van der Waals surface area contributed by atoms with Crippen molar-refractivity contribution in [2.45, 2.75) is 45.8 Å². The van der Waals surface area contributed by atoms with E-state index in [1.807, 2.05) is 25.1 Å². The van der Waals surface area contributed by atoms with E-state index < -0.39 is 11.1 Å². The van der Waals surface area contributed by atoms with E-state index >= 15 is 0 Å². The maximum atomic E-state index is 12.5. The topological polar surface area (TPSA) is 86.0 Å². The lowest BCUT2D eigenvalue weighted by Crippen LogP contribution is -2.45. The van der Waals surface area contributed by atoms with Gasteiger partial charge in [-0.1, -0.05) is 30.3 Å². The van der Waals surface area contributed by atoms with Crippen LogP contribution >= 0.6 is 0 Å². The molecule has 0 spiro atoms.